The molecule has 0 aliphatic rings. The maximum Gasteiger partial charge on any atom is 0.371 e. The predicted octanol–water partition coefficient (Wildman–Crippen LogP) is -2.06. The minimum atomic E-state index is -1.40. The van der Waals surface area contributed by atoms with E-state index in [0.717, 1.165) is 24.9 Å². The van der Waals surface area contributed by atoms with Gasteiger partial charge in [-0.25, -0.2) is 4.79 Å². The number of carbonyl (C=O) groups excluding carboxylic acids is 2. The molecule has 1 unspecified atom stereocenters. The van der Waals surface area contributed by atoms with E-state index >= 15 is 0 Å². The number of aliphatic hydroxyl groups excluding tert-OH is 2. The lowest BCUT2D eigenvalue weighted by molar-refractivity contribution is -0.870. The molecule has 0 spiro atoms. The molecule has 0 heterocycles. The maximum absolute atomic E-state index is 9.57. The lowest BCUT2D eigenvalue weighted by atomic mass is 10.3. The number of carbonyl (C=O) groups is 4. The molecule has 0 saturated carbocycles. The van der Waals surface area contributed by atoms with Gasteiger partial charge in [0, 0.05) is 13.8 Å². The molecule has 0 bridgehead atoms. The molecule has 0 aliphatic heterocycles. The molecule has 0 saturated heterocycles. The maximum atomic E-state index is 9.57. The number of hydrogen-bond acceptors (Lipinski definition) is 7. The van der Waals surface area contributed by atoms with Crippen LogP contribution in [0, 0.1) is 0 Å². The smallest absolute Gasteiger partial charge is 0.371 e. The Morgan fingerprint density at radius 1 is 1.04 bits per heavy atom. The van der Waals surface area contributed by atoms with Crippen LogP contribution >= 0.6 is 0 Å². The average molecular weight is 355 g/mol. The van der Waals surface area contributed by atoms with Crippen LogP contribution in [0.1, 0.15) is 27.2 Å². The molecule has 0 amide bonds. The summed E-state index contributed by atoms with van der Waals surface area (Å²) in [7, 11) is 6.16. The monoisotopic (exact) mass is 355 g/mol. The van der Waals surface area contributed by atoms with Crippen molar-refractivity contribution in [3.8, 4) is 0 Å². The Bertz CT molecular complexity index is 359. The van der Waals surface area contributed by atoms with Crippen molar-refractivity contribution in [2.24, 2.45) is 0 Å². The Morgan fingerprint density at radius 2 is 1.33 bits per heavy atom. The van der Waals surface area contributed by atoms with Crippen LogP contribution in [0.25, 0.3) is 0 Å². The highest BCUT2D eigenvalue weighted by Gasteiger charge is 2.02. The Hall–Kier alpha value is -2.04. The molecule has 4 N–H and O–H groups in total. The number of aliphatic hydroxyl groups is 2. The quantitative estimate of drug-likeness (QED) is 0.319. The Kier molecular flexibility index (Phi) is 21.6. The van der Waals surface area contributed by atoms with E-state index in [0.29, 0.717) is 0 Å². The highest BCUT2D eigenvalue weighted by atomic mass is 16.4. The summed E-state index contributed by atoms with van der Waals surface area (Å²) in [6.07, 6.45) is -1.08. The SMILES string of the molecule is CC(=O)C(=O)O.CC(=O)O.CCC(O)C(=O)[O-].C[N+](C)(C)CCO. The standard InChI is InChI=1S/C5H14NO.C4H8O3.C3H4O3.C2H4O2/c1-6(2,3)4-5-7;1-2-3(5)4(6)7;1-2(4)3(5)6;1-2(3)4/h7H,4-5H2,1-3H3;3,5H,2H2,1H3,(H,6,7);1H3,(H,5,6);1H3,(H,3,4)/q+1;;;/p-1. The van der Waals surface area contributed by atoms with Crippen LogP contribution in [-0.2, 0) is 19.2 Å². The fourth-order valence-electron chi connectivity index (χ4n) is 0.467. The van der Waals surface area contributed by atoms with Crippen LogP contribution in [0.15, 0.2) is 0 Å². The van der Waals surface area contributed by atoms with Crippen molar-refractivity contribution in [2.45, 2.75) is 33.3 Å². The normalized spacial score (nSPS) is 10.3. The summed E-state index contributed by atoms with van der Waals surface area (Å²) in [6.45, 7) is 4.77. The highest BCUT2D eigenvalue weighted by molar-refractivity contribution is 6.31. The fourth-order valence-corrected chi connectivity index (χ4v) is 0.467. The van der Waals surface area contributed by atoms with Gasteiger partial charge in [0.2, 0.25) is 5.78 Å². The van der Waals surface area contributed by atoms with Gasteiger partial charge >= 0.3 is 5.97 Å². The van der Waals surface area contributed by atoms with E-state index in [4.69, 9.17) is 25.2 Å². The van der Waals surface area contributed by atoms with E-state index < -0.39 is 29.8 Å². The van der Waals surface area contributed by atoms with Gasteiger partial charge in [-0.3, -0.25) is 9.59 Å². The third-order valence-electron chi connectivity index (χ3n) is 1.73. The van der Waals surface area contributed by atoms with Gasteiger partial charge in [-0.2, -0.15) is 0 Å². The predicted molar refractivity (Wildman–Crippen MR) is 82.9 cm³/mol. The largest absolute Gasteiger partial charge is 0.547 e. The molecular weight excluding hydrogens is 326 g/mol. The van der Waals surface area contributed by atoms with Crippen LogP contribution in [0.3, 0.4) is 0 Å². The molecule has 1 atom stereocenters. The summed E-state index contributed by atoms with van der Waals surface area (Å²) in [4.78, 5) is 37.5. The molecule has 10 nitrogen and oxygen atoms in total. The first-order chi connectivity index (χ1) is 10.6. The van der Waals surface area contributed by atoms with Crippen LogP contribution < -0.4 is 5.11 Å². The van der Waals surface area contributed by atoms with Gasteiger partial charge in [-0.1, -0.05) is 6.92 Å². The Labute approximate surface area is 141 Å². The van der Waals surface area contributed by atoms with Gasteiger partial charge in [0.1, 0.15) is 6.54 Å². The third-order valence-corrected chi connectivity index (χ3v) is 1.73. The second kappa shape index (κ2) is 17.3. The zero-order valence-electron chi connectivity index (χ0n) is 15.0. The van der Waals surface area contributed by atoms with Crippen molar-refractivity contribution >= 4 is 23.7 Å². The molecule has 10 heteroatoms. The fraction of sp³-hybridized carbons (Fsp3) is 0.714. The van der Waals surface area contributed by atoms with Gasteiger partial charge in [0.25, 0.3) is 5.97 Å². The van der Waals surface area contributed by atoms with E-state index in [2.05, 4.69) is 21.1 Å². The second-order valence-electron chi connectivity index (χ2n) is 5.36. The minimum Gasteiger partial charge on any atom is -0.547 e. The summed E-state index contributed by atoms with van der Waals surface area (Å²) in [5.74, 6) is -4.44. The molecule has 0 aromatic carbocycles. The number of likely N-dealkylation sites (N-methyl/N-ethyl adjacent to an activating group) is 1. The van der Waals surface area contributed by atoms with Gasteiger partial charge in [-0.15, -0.1) is 0 Å². The molecule has 0 fully saturated rings. The summed E-state index contributed by atoms with van der Waals surface area (Å²) in [5, 5.41) is 41.3. The first-order valence-electron chi connectivity index (χ1n) is 6.85. The molecule has 24 heavy (non-hydrogen) atoms. The first kappa shape index (κ1) is 29.9. The summed E-state index contributed by atoms with van der Waals surface area (Å²) >= 11 is 0. The summed E-state index contributed by atoms with van der Waals surface area (Å²) in [6, 6.07) is 0. The molecule has 144 valence electrons. The zero-order valence-corrected chi connectivity index (χ0v) is 15.0. The zero-order chi connectivity index (χ0) is 20.5. The molecule has 0 aromatic heterocycles. The summed E-state index contributed by atoms with van der Waals surface area (Å²) in [5.41, 5.74) is 0. The van der Waals surface area contributed by atoms with Gasteiger partial charge in [0.05, 0.1) is 39.8 Å². The van der Waals surface area contributed by atoms with Crippen molar-refractivity contribution in [3.63, 3.8) is 0 Å². The molecule has 0 rings (SSSR count). The Morgan fingerprint density at radius 3 is 1.33 bits per heavy atom. The van der Waals surface area contributed by atoms with Crippen molar-refractivity contribution < 1.29 is 49.2 Å². The number of carboxylic acid groups (broad SMARTS) is 3. The highest BCUT2D eigenvalue weighted by Crippen LogP contribution is 1.85. The van der Waals surface area contributed by atoms with Crippen LogP contribution in [0.2, 0.25) is 0 Å². The number of aliphatic carboxylic acids is 3. The van der Waals surface area contributed by atoms with E-state index in [9.17, 15) is 19.5 Å². The topological polar surface area (TPSA) is 172 Å². The number of nitrogens with zero attached hydrogens (tertiary/aromatic N) is 1. The van der Waals surface area contributed by atoms with Gasteiger partial charge in [-0.05, 0) is 6.42 Å². The van der Waals surface area contributed by atoms with Crippen LogP contribution in [-0.4, -0.2) is 89.0 Å². The Balaban J connectivity index is -0.000000113. The van der Waals surface area contributed by atoms with Gasteiger partial charge < -0.3 is 34.8 Å². The lowest BCUT2D eigenvalue weighted by Crippen LogP contribution is -2.36. The van der Waals surface area contributed by atoms with Crippen LogP contribution in [0.5, 0.6) is 0 Å². The molecular formula is C14H29NO9. The van der Waals surface area contributed by atoms with Crippen molar-refractivity contribution in [2.75, 3.05) is 34.3 Å². The first-order valence-corrected chi connectivity index (χ1v) is 6.85. The number of ketones is 1. The minimum absolute atomic E-state index is 0.211. The average Bonchev–Trinajstić information content (AvgIpc) is 2.36. The number of quaternary nitrogens is 1. The van der Waals surface area contributed by atoms with Crippen molar-refractivity contribution in [1.82, 2.24) is 0 Å². The number of hydrogen-bond donors (Lipinski definition) is 4. The number of Topliss-reactive ketones (excluding diaryl/α,β-unsaturated/α-hetero) is 1. The number of carboxylic acids is 3. The molecule has 0 aliphatic carbocycles. The van der Waals surface area contributed by atoms with Crippen molar-refractivity contribution in [3.05, 3.63) is 0 Å². The van der Waals surface area contributed by atoms with Crippen LogP contribution in [0.4, 0.5) is 0 Å². The third kappa shape index (κ3) is 50.2. The molecule has 0 aromatic rings. The second-order valence-corrected chi connectivity index (χ2v) is 5.36. The van der Waals surface area contributed by atoms with E-state index in [-0.39, 0.29) is 13.0 Å². The lowest BCUT2D eigenvalue weighted by Gasteiger charge is -2.21. The van der Waals surface area contributed by atoms with Crippen molar-refractivity contribution in [1.29, 1.82) is 0 Å². The number of rotatable bonds is 5. The summed E-state index contributed by atoms with van der Waals surface area (Å²) < 4.78 is 0.844. The molecule has 0 radical (unpaired) electrons. The van der Waals surface area contributed by atoms with E-state index in [1.807, 2.05) is 0 Å². The van der Waals surface area contributed by atoms with E-state index in [1.165, 1.54) is 0 Å². The van der Waals surface area contributed by atoms with E-state index in [1.54, 1.807) is 6.92 Å². The van der Waals surface area contributed by atoms with Gasteiger partial charge in [0.15, 0.2) is 0 Å².